The van der Waals surface area contributed by atoms with E-state index in [1.54, 1.807) is 19.2 Å². The lowest BCUT2D eigenvalue weighted by atomic mass is 10.1. The van der Waals surface area contributed by atoms with Crippen molar-refractivity contribution in [3.8, 4) is 5.75 Å². The second-order valence-corrected chi connectivity index (χ2v) is 2.93. The summed E-state index contributed by atoms with van der Waals surface area (Å²) in [5, 5.41) is 2.71. The van der Waals surface area contributed by atoms with Gasteiger partial charge in [0.05, 0.1) is 12.8 Å². The molecule has 3 N–H and O–H groups in total. The number of anilines is 1. The molecule has 0 unspecified atom stereocenters. The summed E-state index contributed by atoms with van der Waals surface area (Å²) in [7, 11) is 1.56. The molecule has 1 aliphatic heterocycles. The fraction of sp³-hybridized carbons (Fsp3) is 0.222. The van der Waals surface area contributed by atoms with Crippen LogP contribution in [0.5, 0.6) is 5.75 Å². The average Bonchev–Trinajstić information content (AvgIpc) is 2.47. The van der Waals surface area contributed by atoms with E-state index in [4.69, 9.17) is 10.5 Å². The second-order valence-electron chi connectivity index (χ2n) is 2.93. The van der Waals surface area contributed by atoms with Gasteiger partial charge < -0.3 is 15.8 Å². The van der Waals surface area contributed by atoms with Gasteiger partial charge in [-0.2, -0.15) is 0 Å². The average molecular weight is 178 g/mol. The van der Waals surface area contributed by atoms with E-state index in [-0.39, 0.29) is 5.91 Å². The molecule has 0 saturated carbocycles. The van der Waals surface area contributed by atoms with Crippen molar-refractivity contribution >= 4 is 11.6 Å². The van der Waals surface area contributed by atoms with Crippen LogP contribution in [-0.2, 0) is 6.54 Å². The molecule has 4 nitrogen and oxygen atoms in total. The molecule has 1 heterocycles. The van der Waals surface area contributed by atoms with E-state index in [1.165, 1.54) is 0 Å². The second kappa shape index (κ2) is 2.65. The lowest BCUT2D eigenvalue weighted by molar-refractivity contribution is 0.0966. The van der Waals surface area contributed by atoms with E-state index in [9.17, 15) is 4.79 Å². The van der Waals surface area contributed by atoms with Gasteiger partial charge in [0, 0.05) is 12.1 Å². The Hall–Kier alpha value is -1.71. The van der Waals surface area contributed by atoms with Crippen LogP contribution < -0.4 is 15.8 Å². The van der Waals surface area contributed by atoms with Crippen LogP contribution in [0.1, 0.15) is 15.9 Å². The number of methoxy groups -OCH3 is 1. The number of nitrogen functional groups attached to an aromatic ring is 1. The molecule has 68 valence electrons. The summed E-state index contributed by atoms with van der Waals surface area (Å²) in [6.07, 6.45) is 0. The molecule has 0 aromatic heterocycles. The third kappa shape index (κ3) is 1.11. The van der Waals surface area contributed by atoms with Crippen LogP contribution in [0.3, 0.4) is 0 Å². The summed E-state index contributed by atoms with van der Waals surface area (Å²) >= 11 is 0. The van der Waals surface area contributed by atoms with Gasteiger partial charge in [0.25, 0.3) is 5.91 Å². The summed E-state index contributed by atoms with van der Waals surface area (Å²) in [4.78, 5) is 11.2. The summed E-state index contributed by atoms with van der Waals surface area (Å²) < 4.78 is 5.04. The number of fused-ring (bicyclic) bond motifs is 1. The predicted octanol–water partition coefficient (Wildman–Crippen LogP) is 0.521. The molecule has 1 amide bonds. The maximum absolute atomic E-state index is 11.2. The van der Waals surface area contributed by atoms with Crippen molar-refractivity contribution in [2.24, 2.45) is 0 Å². The van der Waals surface area contributed by atoms with E-state index in [0.29, 0.717) is 23.5 Å². The van der Waals surface area contributed by atoms with E-state index in [1.807, 2.05) is 0 Å². The van der Waals surface area contributed by atoms with Gasteiger partial charge >= 0.3 is 0 Å². The van der Waals surface area contributed by atoms with Crippen molar-refractivity contribution in [2.75, 3.05) is 12.8 Å². The summed E-state index contributed by atoms with van der Waals surface area (Å²) in [6, 6.07) is 3.44. The van der Waals surface area contributed by atoms with Crippen LogP contribution in [0, 0.1) is 0 Å². The van der Waals surface area contributed by atoms with Gasteiger partial charge in [-0.1, -0.05) is 0 Å². The number of nitrogens with two attached hydrogens (primary N) is 1. The molecule has 0 bridgehead atoms. The molecule has 1 aromatic rings. The number of ether oxygens (including phenoxy) is 1. The fourth-order valence-electron chi connectivity index (χ4n) is 1.44. The Kier molecular flexibility index (Phi) is 1.62. The topological polar surface area (TPSA) is 64.3 Å². The molecule has 0 atom stereocenters. The third-order valence-corrected chi connectivity index (χ3v) is 2.14. The van der Waals surface area contributed by atoms with Crippen molar-refractivity contribution in [3.63, 3.8) is 0 Å². The van der Waals surface area contributed by atoms with Crippen LogP contribution in [-0.4, -0.2) is 13.0 Å². The number of nitrogens with one attached hydrogen (secondary N) is 1. The number of carbonyl (C=O) groups excluding carboxylic acids is 1. The van der Waals surface area contributed by atoms with Crippen LogP contribution in [0.2, 0.25) is 0 Å². The zero-order valence-electron chi connectivity index (χ0n) is 7.26. The first-order chi connectivity index (χ1) is 6.22. The number of hydrogen-bond acceptors (Lipinski definition) is 3. The maximum Gasteiger partial charge on any atom is 0.251 e. The molecule has 1 aromatic carbocycles. The van der Waals surface area contributed by atoms with Gasteiger partial charge in [0.15, 0.2) is 0 Å². The number of carbonyl (C=O) groups is 1. The highest BCUT2D eigenvalue weighted by molar-refractivity contribution is 5.99. The van der Waals surface area contributed by atoms with Crippen LogP contribution in [0.15, 0.2) is 12.1 Å². The van der Waals surface area contributed by atoms with Crippen molar-refractivity contribution in [2.45, 2.75) is 6.54 Å². The van der Waals surface area contributed by atoms with Gasteiger partial charge in [-0.25, -0.2) is 0 Å². The molecule has 0 fully saturated rings. The lowest BCUT2D eigenvalue weighted by Crippen LogP contribution is -2.12. The summed E-state index contributed by atoms with van der Waals surface area (Å²) in [6.45, 7) is 0.560. The van der Waals surface area contributed by atoms with E-state index < -0.39 is 0 Å². The molecular weight excluding hydrogens is 168 g/mol. The normalized spacial score (nSPS) is 13.8. The maximum atomic E-state index is 11.2. The fourth-order valence-corrected chi connectivity index (χ4v) is 1.44. The Balaban J connectivity index is 2.56. The highest BCUT2D eigenvalue weighted by atomic mass is 16.5. The Labute approximate surface area is 75.7 Å². The Morgan fingerprint density at radius 3 is 3.00 bits per heavy atom. The van der Waals surface area contributed by atoms with Gasteiger partial charge in [0.1, 0.15) is 5.75 Å². The van der Waals surface area contributed by atoms with Gasteiger partial charge in [-0.3, -0.25) is 4.79 Å². The summed E-state index contributed by atoms with van der Waals surface area (Å²) in [5.41, 5.74) is 7.75. The molecule has 2 rings (SSSR count). The van der Waals surface area contributed by atoms with Gasteiger partial charge in [-0.05, 0) is 17.7 Å². The Morgan fingerprint density at radius 1 is 1.54 bits per heavy atom. The molecule has 4 heteroatoms. The van der Waals surface area contributed by atoms with Crippen molar-refractivity contribution in [1.29, 1.82) is 0 Å². The molecule has 13 heavy (non-hydrogen) atoms. The van der Waals surface area contributed by atoms with Crippen molar-refractivity contribution < 1.29 is 9.53 Å². The standard InChI is InChI=1S/C9H10N2O2/c1-13-8-2-5-4-11-9(12)6(5)3-7(8)10/h2-3H,4,10H2,1H3,(H,11,12). The number of hydrogen-bond donors (Lipinski definition) is 2. The molecule has 0 spiro atoms. The minimum atomic E-state index is -0.0654. The monoisotopic (exact) mass is 178 g/mol. The van der Waals surface area contributed by atoms with Crippen LogP contribution in [0.25, 0.3) is 0 Å². The SMILES string of the molecule is COc1cc2c(cc1N)C(=O)NC2. The first-order valence-electron chi connectivity index (χ1n) is 3.97. The van der Waals surface area contributed by atoms with Gasteiger partial charge in [-0.15, -0.1) is 0 Å². The van der Waals surface area contributed by atoms with Crippen molar-refractivity contribution in [3.05, 3.63) is 23.3 Å². The summed E-state index contributed by atoms with van der Waals surface area (Å²) in [5.74, 6) is 0.555. The lowest BCUT2D eigenvalue weighted by Gasteiger charge is -2.05. The van der Waals surface area contributed by atoms with E-state index in [2.05, 4.69) is 5.32 Å². The molecule has 0 aliphatic carbocycles. The van der Waals surface area contributed by atoms with Crippen LogP contribution >= 0.6 is 0 Å². The minimum absolute atomic E-state index is 0.0654. The van der Waals surface area contributed by atoms with Gasteiger partial charge in [0.2, 0.25) is 0 Å². The Morgan fingerprint density at radius 2 is 2.31 bits per heavy atom. The zero-order chi connectivity index (χ0) is 9.42. The van der Waals surface area contributed by atoms with Crippen LogP contribution in [0.4, 0.5) is 5.69 Å². The molecule has 0 saturated heterocycles. The smallest absolute Gasteiger partial charge is 0.251 e. The number of rotatable bonds is 1. The highest BCUT2D eigenvalue weighted by Gasteiger charge is 2.20. The molecular formula is C9H10N2O2. The first kappa shape index (κ1) is 7.91. The largest absolute Gasteiger partial charge is 0.495 e. The van der Waals surface area contributed by atoms with E-state index in [0.717, 1.165) is 5.56 Å². The minimum Gasteiger partial charge on any atom is -0.495 e. The quantitative estimate of drug-likeness (QED) is 0.616. The first-order valence-corrected chi connectivity index (χ1v) is 3.97. The molecule has 0 radical (unpaired) electrons. The number of benzene rings is 1. The highest BCUT2D eigenvalue weighted by Crippen LogP contribution is 2.27. The van der Waals surface area contributed by atoms with E-state index >= 15 is 0 Å². The zero-order valence-corrected chi connectivity index (χ0v) is 7.26. The third-order valence-electron chi connectivity index (χ3n) is 2.14. The molecule has 1 aliphatic rings. The predicted molar refractivity (Wildman–Crippen MR) is 48.6 cm³/mol. The Bertz CT molecular complexity index is 374. The van der Waals surface area contributed by atoms with Crippen molar-refractivity contribution in [1.82, 2.24) is 5.32 Å². The number of amides is 1.